The average molecular weight is 276 g/mol. The Hall–Kier alpha value is -1.12. The summed E-state index contributed by atoms with van der Waals surface area (Å²) in [6.45, 7) is 0.608. The normalized spacial score (nSPS) is 16.3. The molecule has 0 aliphatic heterocycles. The Morgan fingerprint density at radius 2 is 2.05 bits per heavy atom. The summed E-state index contributed by atoms with van der Waals surface area (Å²) in [5, 5.41) is 1.84. The average Bonchev–Trinajstić information content (AvgIpc) is 2.93. The number of fused-ring (bicyclic) bond motifs is 1. The highest BCUT2D eigenvalue weighted by Crippen LogP contribution is 2.36. The molecule has 1 aliphatic carbocycles. The van der Waals surface area contributed by atoms with Crippen molar-refractivity contribution in [2.45, 2.75) is 38.2 Å². The highest BCUT2D eigenvalue weighted by atomic mass is 35.5. The van der Waals surface area contributed by atoms with Crippen molar-refractivity contribution >= 4 is 22.5 Å². The lowest BCUT2D eigenvalue weighted by Crippen LogP contribution is -1.98. The summed E-state index contributed by atoms with van der Waals surface area (Å²) in [6.07, 6.45) is 5.12. The molecule has 1 saturated carbocycles. The molecule has 0 N–H and O–H groups in total. The fraction of sp³-hybridized carbons (Fsp3) is 0.438. The zero-order valence-corrected chi connectivity index (χ0v) is 11.9. The van der Waals surface area contributed by atoms with E-state index in [0.717, 1.165) is 27.2 Å². The molecule has 2 aromatic rings. The summed E-state index contributed by atoms with van der Waals surface area (Å²) in [4.78, 5) is 4.79. The van der Waals surface area contributed by atoms with Gasteiger partial charge in [0.05, 0.1) is 17.1 Å². The van der Waals surface area contributed by atoms with Crippen molar-refractivity contribution in [2.24, 2.45) is 0 Å². The third-order valence-corrected chi connectivity index (χ3v) is 4.24. The van der Waals surface area contributed by atoms with Gasteiger partial charge in [0.2, 0.25) is 0 Å². The molecule has 0 amide bonds. The van der Waals surface area contributed by atoms with E-state index in [2.05, 4.69) is 18.2 Å². The Morgan fingerprint density at radius 3 is 2.79 bits per heavy atom. The number of benzene rings is 1. The SMILES string of the molecule is COCc1ccc2nc(C3CCCC3)cc(Cl)c2c1. The van der Waals surface area contributed by atoms with Crippen LogP contribution in [-0.2, 0) is 11.3 Å². The summed E-state index contributed by atoms with van der Waals surface area (Å²) in [5.41, 5.74) is 3.29. The van der Waals surface area contributed by atoms with E-state index in [9.17, 15) is 0 Å². The molecule has 0 atom stereocenters. The van der Waals surface area contributed by atoms with Gasteiger partial charge in [0.1, 0.15) is 0 Å². The summed E-state index contributed by atoms with van der Waals surface area (Å²) < 4.78 is 5.16. The maximum atomic E-state index is 6.43. The summed E-state index contributed by atoms with van der Waals surface area (Å²) in [7, 11) is 1.70. The molecule has 0 radical (unpaired) electrons. The van der Waals surface area contributed by atoms with Crippen molar-refractivity contribution in [1.82, 2.24) is 4.98 Å². The van der Waals surface area contributed by atoms with Crippen LogP contribution in [0.2, 0.25) is 5.02 Å². The number of aromatic nitrogens is 1. The van der Waals surface area contributed by atoms with Gasteiger partial charge in [0.25, 0.3) is 0 Å². The second kappa shape index (κ2) is 5.48. The van der Waals surface area contributed by atoms with E-state index in [1.807, 2.05) is 6.07 Å². The number of methoxy groups -OCH3 is 1. The first-order valence-corrected chi connectivity index (χ1v) is 7.24. The van der Waals surface area contributed by atoms with Crippen LogP contribution in [0.1, 0.15) is 42.9 Å². The van der Waals surface area contributed by atoms with Crippen LogP contribution in [0.15, 0.2) is 24.3 Å². The van der Waals surface area contributed by atoms with Crippen molar-refractivity contribution < 1.29 is 4.74 Å². The van der Waals surface area contributed by atoms with Crippen LogP contribution < -0.4 is 0 Å². The first-order valence-electron chi connectivity index (χ1n) is 6.86. The quantitative estimate of drug-likeness (QED) is 0.810. The van der Waals surface area contributed by atoms with Crippen molar-refractivity contribution in [3.05, 3.63) is 40.5 Å². The van der Waals surface area contributed by atoms with Crippen LogP contribution in [0.3, 0.4) is 0 Å². The second-order valence-electron chi connectivity index (χ2n) is 5.29. The Bertz CT molecular complexity index is 591. The molecule has 2 nitrogen and oxygen atoms in total. The first-order chi connectivity index (χ1) is 9.28. The molecule has 0 unspecified atom stereocenters. The smallest absolute Gasteiger partial charge is 0.0720 e. The van der Waals surface area contributed by atoms with Gasteiger partial charge in [-0.05, 0) is 36.6 Å². The minimum Gasteiger partial charge on any atom is -0.380 e. The molecular formula is C16H18ClNO. The monoisotopic (exact) mass is 275 g/mol. The predicted molar refractivity (Wildman–Crippen MR) is 78.7 cm³/mol. The maximum absolute atomic E-state index is 6.43. The number of ether oxygens (including phenoxy) is 1. The Balaban J connectivity index is 2.03. The van der Waals surface area contributed by atoms with E-state index in [0.29, 0.717) is 12.5 Å². The summed E-state index contributed by atoms with van der Waals surface area (Å²) in [6, 6.07) is 8.24. The van der Waals surface area contributed by atoms with Gasteiger partial charge in [-0.25, -0.2) is 0 Å². The molecule has 100 valence electrons. The number of hydrogen-bond donors (Lipinski definition) is 0. The van der Waals surface area contributed by atoms with Crippen LogP contribution in [0, 0.1) is 0 Å². The van der Waals surface area contributed by atoms with Crippen LogP contribution >= 0.6 is 11.6 Å². The molecule has 0 saturated heterocycles. The molecule has 0 spiro atoms. The summed E-state index contributed by atoms with van der Waals surface area (Å²) >= 11 is 6.43. The molecule has 3 rings (SSSR count). The highest BCUT2D eigenvalue weighted by molar-refractivity contribution is 6.35. The van der Waals surface area contributed by atoms with Crippen molar-refractivity contribution in [3.8, 4) is 0 Å². The zero-order valence-electron chi connectivity index (χ0n) is 11.2. The third kappa shape index (κ3) is 2.60. The Labute approximate surface area is 118 Å². The zero-order chi connectivity index (χ0) is 13.2. The molecule has 1 aromatic heterocycles. The number of rotatable bonds is 3. The van der Waals surface area contributed by atoms with Crippen LogP contribution in [0.5, 0.6) is 0 Å². The van der Waals surface area contributed by atoms with Gasteiger partial charge in [-0.15, -0.1) is 0 Å². The van der Waals surface area contributed by atoms with Gasteiger partial charge < -0.3 is 4.74 Å². The van der Waals surface area contributed by atoms with E-state index in [-0.39, 0.29) is 0 Å². The van der Waals surface area contributed by atoms with E-state index in [4.69, 9.17) is 21.3 Å². The molecular weight excluding hydrogens is 258 g/mol. The molecule has 1 aliphatic rings. The molecule has 3 heteroatoms. The lowest BCUT2D eigenvalue weighted by molar-refractivity contribution is 0.185. The van der Waals surface area contributed by atoms with E-state index in [1.54, 1.807) is 7.11 Å². The topological polar surface area (TPSA) is 22.1 Å². The highest BCUT2D eigenvalue weighted by Gasteiger charge is 2.19. The van der Waals surface area contributed by atoms with Crippen molar-refractivity contribution in [3.63, 3.8) is 0 Å². The maximum Gasteiger partial charge on any atom is 0.0720 e. The molecule has 0 bridgehead atoms. The minimum absolute atomic E-state index is 0.598. The minimum atomic E-state index is 0.598. The van der Waals surface area contributed by atoms with Gasteiger partial charge in [-0.1, -0.05) is 30.5 Å². The standard InChI is InChI=1S/C16H18ClNO/c1-19-10-11-6-7-15-13(8-11)14(17)9-16(18-15)12-4-2-3-5-12/h6-9,12H,2-5,10H2,1H3. The molecule has 19 heavy (non-hydrogen) atoms. The van der Waals surface area contributed by atoms with Crippen LogP contribution in [0.25, 0.3) is 10.9 Å². The first kappa shape index (κ1) is 12.9. The van der Waals surface area contributed by atoms with Gasteiger partial charge >= 0.3 is 0 Å². The lowest BCUT2D eigenvalue weighted by Gasteiger charge is -2.11. The number of halogens is 1. The predicted octanol–water partition coefficient (Wildman–Crippen LogP) is 4.69. The Kier molecular flexibility index (Phi) is 3.72. The van der Waals surface area contributed by atoms with Crippen LogP contribution in [0.4, 0.5) is 0 Å². The lowest BCUT2D eigenvalue weighted by atomic mass is 10.0. The van der Waals surface area contributed by atoms with E-state index >= 15 is 0 Å². The van der Waals surface area contributed by atoms with Gasteiger partial charge in [-0.2, -0.15) is 0 Å². The largest absolute Gasteiger partial charge is 0.380 e. The third-order valence-electron chi connectivity index (χ3n) is 3.93. The fourth-order valence-corrected chi connectivity index (χ4v) is 3.20. The van der Waals surface area contributed by atoms with Gasteiger partial charge in [0, 0.05) is 24.1 Å². The second-order valence-corrected chi connectivity index (χ2v) is 5.70. The van der Waals surface area contributed by atoms with Crippen molar-refractivity contribution in [1.29, 1.82) is 0 Å². The van der Waals surface area contributed by atoms with Gasteiger partial charge in [-0.3, -0.25) is 4.98 Å². The Morgan fingerprint density at radius 1 is 1.26 bits per heavy atom. The molecule has 1 heterocycles. The summed E-state index contributed by atoms with van der Waals surface area (Å²) in [5.74, 6) is 0.598. The van der Waals surface area contributed by atoms with E-state index < -0.39 is 0 Å². The fourth-order valence-electron chi connectivity index (χ4n) is 2.94. The van der Waals surface area contributed by atoms with Gasteiger partial charge in [0.15, 0.2) is 0 Å². The molecule has 1 fully saturated rings. The van der Waals surface area contributed by atoms with Crippen LogP contribution in [-0.4, -0.2) is 12.1 Å². The number of pyridine rings is 1. The number of nitrogens with zero attached hydrogens (tertiary/aromatic N) is 1. The van der Waals surface area contributed by atoms with Crippen molar-refractivity contribution in [2.75, 3.05) is 7.11 Å². The van der Waals surface area contributed by atoms with E-state index in [1.165, 1.54) is 25.7 Å². The number of hydrogen-bond acceptors (Lipinski definition) is 2. The molecule has 1 aromatic carbocycles.